The van der Waals surface area contributed by atoms with Gasteiger partial charge in [0.15, 0.2) is 0 Å². The second-order valence-electron chi connectivity index (χ2n) is 5.88. The molecule has 0 spiro atoms. The van der Waals surface area contributed by atoms with E-state index in [4.69, 9.17) is 0 Å². The molecular weight excluding hydrogens is 360 g/mol. The Hall–Kier alpha value is -2.94. The van der Waals surface area contributed by atoms with E-state index in [-0.39, 0.29) is 21.8 Å². The monoisotopic (exact) mass is 378 g/mol. The number of nitrogens with zero attached hydrogens (tertiary/aromatic N) is 2. The molecule has 0 saturated heterocycles. The molecular formula is C17H18N2O6S. The van der Waals surface area contributed by atoms with Crippen molar-refractivity contribution < 1.29 is 23.2 Å². The molecule has 0 aliphatic rings. The lowest BCUT2D eigenvalue weighted by Crippen LogP contribution is -2.36. The minimum Gasteiger partial charge on any atom is -0.480 e. The summed E-state index contributed by atoms with van der Waals surface area (Å²) in [5.74, 6) is -1.34. The minimum atomic E-state index is -4.32. The summed E-state index contributed by atoms with van der Waals surface area (Å²) in [5, 5.41) is 20.2. The van der Waals surface area contributed by atoms with Crippen LogP contribution in [0.3, 0.4) is 0 Å². The standard InChI is InChI=1S/C17H18N2O6S/c1-11-4-6-14(8-13(11)3)18(10-17(20)21)26(24,25)16-9-15(19(22)23)7-5-12(16)2/h4-9H,10H2,1-3H3,(H,20,21). The van der Waals surface area contributed by atoms with Gasteiger partial charge in [0, 0.05) is 12.1 Å². The van der Waals surface area contributed by atoms with E-state index in [0.29, 0.717) is 0 Å². The van der Waals surface area contributed by atoms with E-state index >= 15 is 0 Å². The third kappa shape index (κ3) is 3.83. The Labute approximate surface area is 150 Å². The summed E-state index contributed by atoms with van der Waals surface area (Å²) >= 11 is 0. The Kier molecular flexibility index (Phi) is 5.31. The first-order valence-electron chi connectivity index (χ1n) is 7.61. The fraction of sp³-hybridized carbons (Fsp3) is 0.235. The van der Waals surface area contributed by atoms with E-state index in [1.165, 1.54) is 25.1 Å². The number of sulfonamides is 1. The number of aryl methyl sites for hydroxylation is 3. The van der Waals surface area contributed by atoms with Gasteiger partial charge in [0.25, 0.3) is 15.7 Å². The normalized spacial score (nSPS) is 11.2. The van der Waals surface area contributed by atoms with Gasteiger partial charge in [-0.15, -0.1) is 0 Å². The van der Waals surface area contributed by atoms with Crippen LogP contribution in [0.4, 0.5) is 11.4 Å². The van der Waals surface area contributed by atoms with Gasteiger partial charge in [-0.3, -0.25) is 19.2 Å². The van der Waals surface area contributed by atoms with Crippen LogP contribution < -0.4 is 4.31 Å². The number of rotatable bonds is 6. The lowest BCUT2D eigenvalue weighted by molar-refractivity contribution is -0.385. The second kappa shape index (κ2) is 7.12. The van der Waals surface area contributed by atoms with Crippen LogP contribution in [-0.2, 0) is 14.8 Å². The molecule has 0 aromatic heterocycles. The van der Waals surface area contributed by atoms with Crippen molar-refractivity contribution in [2.75, 3.05) is 10.8 Å². The Morgan fingerprint density at radius 1 is 1.08 bits per heavy atom. The number of nitro benzene ring substituents is 1. The van der Waals surface area contributed by atoms with Gasteiger partial charge in [0.05, 0.1) is 15.5 Å². The first-order valence-corrected chi connectivity index (χ1v) is 9.05. The molecule has 0 fully saturated rings. The number of carbonyl (C=O) groups is 1. The highest BCUT2D eigenvalue weighted by atomic mass is 32.2. The average Bonchev–Trinajstić information content (AvgIpc) is 2.55. The number of benzene rings is 2. The summed E-state index contributed by atoms with van der Waals surface area (Å²) in [5.41, 5.74) is 1.80. The molecule has 9 heteroatoms. The summed E-state index contributed by atoms with van der Waals surface area (Å²) < 4.78 is 26.9. The highest BCUT2D eigenvalue weighted by Gasteiger charge is 2.30. The molecule has 2 aromatic carbocycles. The third-order valence-electron chi connectivity index (χ3n) is 4.01. The number of carboxylic acid groups (broad SMARTS) is 1. The molecule has 2 rings (SSSR count). The van der Waals surface area contributed by atoms with Crippen LogP contribution in [0, 0.1) is 30.9 Å². The molecule has 0 heterocycles. The lowest BCUT2D eigenvalue weighted by atomic mass is 10.1. The van der Waals surface area contributed by atoms with Gasteiger partial charge in [-0.25, -0.2) is 8.42 Å². The molecule has 138 valence electrons. The predicted octanol–water partition coefficient (Wildman–Crippen LogP) is 2.80. The maximum atomic E-state index is 13.1. The number of nitro groups is 1. The SMILES string of the molecule is Cc1ccc(N(CC(=O)O)S(=O)(=O)c2cc([N+](=O)[O-])ccc2C)cc1C. The first kappa shape index (κ1) is 19.4. The summed E-state index contributed by atoms with van der Waals surface area (Å²) in [7, 11) is -4.32. The Bertz CT molecular complexity index is 985. The molecule has 1 N–H and O–H groups in total. The van der Waals surface area contributed by atoms with Crippen molar-refractivity contribution in [2.24, 2.45) is 0 Å². The Morgan fingerprint density at radius 2 is 1.69 bits per heavy atom. The summed E-state index contributed by atoms with van der Waals surface area (Å²) in [6.07, 6.45) is 0. The Balaban J connectivity index is 2.67. The van der Waals surface area contributed by atoms with Crippen molar-refractivity contribution in [3.8, 4) is 0 Å². The summed E-state index contributed by atoms with van der Waals surface area (Å²) in [6.45, 7) is 4.33. The zero-order valence-electron chi connectivity index (χ0n) is 14.5. The van der Waals surface area contributed by atoms with Gasteiger partial charge >= 0.3 is 5.97 Å². The third-order valence-corrected chi connectivity index (χ3v) is 5.92. The maximum Gasteiger partial charge on any atom is 0.324 e. The molecule has 2 aromatic rings. The Morgan fingerprint density at radius 3 is 2.23 bits per heavy atom. The molecule has 26 heavy (non-hydrogen) atoms. The molecule has 0 amide bonds. The van der Waals surface area contributed by atoms with Crippen molar-refractivity contribution in [2.45, 2.75) is 25.7 Å². The zero-order valence-corrected chi connectivity index (χ0v) is 15.3. The van der Waals surface area contributed by atoms with E-state index in [0.717, 1.165) is 21.5 Å². The smallest absolute Gasteiger partial charge is 0.324 e. The van der Waals surface area contributed by atoms with Gasteiger partial charge in [-0.1, -0.05) is 12.1 Å². The van der Waals surface area contributed by atoms with E-state index in [2.05, 4.69) is 0 Å². The van der Waals surface area contributed by atoms with E-state index < -0.39 is 27.5 Å². The molecule has 8 nitrogen and oxygen atoms in total. The first-order chi connectivity index (χ1) is 12.0. The van der Waals surface area contributed by atoms with E-state index in [9.17, 15) is 28.4 Å². The molecule has 0 atom stereocenters. The number of hydrogen-bond acceptors (Lipinski definition) is 5. The van der Waals surface area contributed by atoms with Crippen molar-refractivity contribution in [3.63, 3.8) is 0 Å². The van der Waals surface area contributed by atoms with Crippen LogP contribution in [0.25, 0.3) is 0 Å². The number of carboxylic acids is 1. The highest BCUT2D eigenvalue weighted by Crippen LogP contribution is 2.29. The van der Waals surface area contributed by atoms with Crippen molar-refractivity contribution in [1.82, 2.24) is 0 Å². The number of hydrogen-bond donors (Lipinski definition) is 1. The molecule has 0 radical (unpaired) electrons. The fourth-order valence-corrected chi connectivity index (χ4v) is 4.07. The van der Waals surface area contributed by atoms with Crippen molar-refractivity contribution in [1.29, 1.82) is 0 Å². The summed E-state index contributed by atoms with van der Waals surface area (Å²) in [6, 6.07) is 8.24. The molecule has 0 aliphatic heterocycles. The summed E-state index contributed by atoms with van der Waals surface area (Å²) in [4.78, 5) is 21.3. The largest absolute Gasteiger partial charge is 0.480 e. The quantitative estimate of drug-likeness (QED) is 0.610. The fourth-order valence-electron chi connectivity index (χ4n) is 2.42. The van der Waals surface area contributed by atoms with E-state index in [1.807, 2.05) is 6.92 Å². The molecule has 0 unspecified atom stereocenters. The van der Waals surface area contributed by atoms with Crippen molar-refractivity contribution in [3.05, 3.63) is 63.2 Å². The zero-order chi connectivity index (χ0) is 19.6. The maximum absolute atomic E-state index is 13.1. The van der Waals surface area contributed by atoms with Gasteiger partial charge in [0.1, 0.15) is 6.54 Å². The highest BCUT2D eigenvalue weighted by molar-refractivity contribution is 7.93. The van der Waals surface area contributed by atoms with Crippen LogP contribution in [0.5, 0.6) is 0 Å². The second-order valence-corrected chi connectivity index (χ2v) is 7.71. The van der Waals surface area contributed by atoms with Crippen LogP contribution in [0.15, 0.2) is 41.3 Å². The average molecular weight is 378 g/mol. The van der Waals surface area contributed by atoms with Gasteiger partial charge in [-0.2, -0.15) is 0 Å². The van der Waals surface area contributed by atoms with Gasteiger partial charge in [0.2, 0.25) is 0 Å². The number of anilines is 1. The van der Waals surface area contributed by atoms with Crippen LogP contribution in [-0.4, -0.2) is 31.0 Å². The van der Waals surface area contributed by atoms with Crippen LogP contribution >= 0.6 is 0 Å². The molecule has 0 bridgehead atoms. The number of aliphatic carboxylic acids is 1. The lowest BCUT2D eigenvalue weighted by Gasteiger charge is -2.24. The van der Waals surface area contributed by atoms with E-state index in [1.54, 1.807) is 19.1 Å². The van der Waals surface area contributed by atoms with Crippen LogP contribution in [0.2, 0.25) is 0 Å². The van der Waals surface area contributed by atoms with Crippen molar-refractivity contribution >= 4 is 27.4 Å². The van der Waals surface area contributed by atoms with Crippen LogP contribution in [0.1, 0.15) is 16.7 Å². The minimum absolute atomic E-state index is 0.182. The molecule has 0 saturated carbocycles. The molecule has 0 aliphatic carbocycles. The van der Waals surface area contributed by atoms with Gasteiger partial charge in [-0.05, 0) is 49.6 Å². The number of non-ortho nitro benzene ring substituents is 1. The topological polar surface area (TPSA) is 118 Å². The predicted molar refractivity (Wildman–Crippen MR) is 95.9 cm³/mol. The van der Waals surface area contributed by atoms with Gasteiger partial charge < -0.3 is 5.11 Å².